The van der Waals surface area contributed by atoms with Gasteiger partial charge in [0, 0.05) is 0 Å². The number of nitrogens with zero attached hydrogens (tertiary/aromatic N) is 1. The van der Waals surface area contributed by atoms with Crippen molar-refractivity contribution < 1.29 is 14.6 Å². The molecule has 2 rings (SSSR count). The van der Waals surface area contributed by atoms with Crippen molar-refractivity contribution in [2.45, 2.75) is 6.61 Å². The van der Waals surface area contributed by atoms with Crippen LogP contribution >= 0.6 is 0 Å². The molecule has 0 saturated heterocycles. The molecule has 0 bridgehead atoms. The van der Waals surface area contributed by atoms with Crippen molar-refractivity contribution in [3.63, 3.8) is 0 Å². The summed E-state index contributed by atoms with van der Waals surface area (Å²) in [7, 11) is 0. The molecular weight excluding hydrogens is 208 g/mol. The van der Waals surface area contributed by atoms with Gasteiger partial charge in [-0.25, -0.2) is 4.79 Å². The van der Waals surface area contributed by atoms with Crippen molar-refractivity contribution in [3.8, 4) is 5.75 Å². The van der Waals surface area contributed by atoms with Gasteiger partial charge in [0.2, 0.25) is 0 Å². The molecule has 0 aliphatic carbocycles. The lowest BCUT2D eigenvalue weighted by Crippen LogP contribution is -1.95. The summed E-state index contributed by atoms with van der Waals surface area (Å²) in [5.41, 5.74) is 0.618. The van der Waals surface area contributed by atoms with E-state index in [1.54, 1.807) is 0 Å². The van der Waals surface area contributed by atoms with Gasteiger partial charge in [-0.1, -0.05) is 18.2 Å². The number of hydrogen-bond donors (Lipinski definition) is 2. The number of para-hydroxylation sites is 1. The van der Waals surface area contributed by atoms with Gasteiger partial charge in [-0.3, -0.25) is 5.10 Å². The van der Waals surface area contributed by atoms with Crippen molar-refractivity contribution in [3.05, 3.63) is 47.8 Å². The van der Waals surface area contributed by atoms with E-state index < -0.39 is 5.97 Å². The molecule has 1 aromatic carbocycles. The Labute approximate surface area is 91.7 Å². The van der Waals surface area contributed by atoms with Crippen molar-refractivity contribution in [1.82, 2.24) is 10.2 Å². The molecule has 0 unspecified atom stereocenters. The molecule has 5 nitrogen and oxygen atoms in total. The first-order valence-corrected chi connectivity index (χ1v) is 4.71. The number of ether oxygens (including phenoxy) is 1. The van der Waals surface area contributed by atoms with Crippen molar-refractivity contribution in [2.75, 3.05) is 0 Å². The van der Waals surface area contributed by atoms with Gasteiger partial charge in [0.25, 0.3) is 0 Å². The minimum Gasteiger partial charge on any atom is -0.487 e. The Morgan fingerprint density at radius 2 is 2.12 bits per heavy atom. The third-order valence-electron chi connectivity index (χ3n) is 1.99. The van der Waals surface area contributed by atoms with Gasteiger partial charge in [0.05, 0.1) is 5.69 Å². The van der Waals surface area contributed by atoms with Crippen LogP contribution in [0.3, 0.4) is 0 Å². The second-order valence-electron chi connectivity index (χ2n) is 3.19. The SMILES string of the molecule is O=C(O)c1cc(COc2ccccc2)[nH]n1. The maximum Gasteiger partial charge on any atom is 0.356 e. The summed E-state index contributed by atoms with van der Waals surface area (Å²) in [4.78, 5) is 10.6. The fourth-order valence-electron chi connectivity index (χ4n) is 1.22. The third-order valence-corrected chi connectivity index (χ3v) is 1.99. The number of carboxylic acid groups (broad SMARTS) is 1. The number of aromatic amines is 1. The first kappa shape index (κ1) is 10.2. The fourth-order valence-corrected chi connectivity index (χ4v) is 1.22. The van der Waals surface area contributed by atoms with E-state index in [2.05, 4.69) is 10.2 Å². The first-order chi connectivity index (χ1) is 7.75. The van der Waals surface area contributed by atoms with Gasteiger partial charge < -0.3 is 9.84 Å². The Balaban J connectivity index is 1.97. The molecule has 2 aromatic rings. The first-order valence-electron chi connectivity index (χ1n) is 4.71. The van der Waals surface area contributed by atoms with Gasteiger partial charge in [-0.2, -0.15) is 5.10 Å². The summed E-state index contributed by atoms with van der Waals surface area (Å²) in [5, 5.41) is 14.9. The molecular formula is C11H10N2O3. The van der Waals surface area contributed by atoms with Crippen LogP contribution in [0.25, 0.3) is 0 Å². The van der Waals surface area contributed by atoms with Crippen LogP contribution in [0.5, 0.6) is 5.75 Å². The van der Waals surface area contributed by atoms with Crippen molar-refractivity contribution in [2.24, 2.45) is 0 Å². The summed E-state index contributed by atoms with van der Waals surface area (Å²) in [6.07, 6.45) is 0. The molecule has 16 heavy (non-hydrogen) atoms. The number of hydrogen-bond acceptors (Lipinski definition) is 3. The average molecular weight is 218 g/mol. The minimum atomic E-state index is -1.05. The summed E-state index contributed by atoms with van der Waals surface area (Å²) in [6.45, 7) is 0.268. The Morgan fingerprint density at radius 3 is 2.75 bits per heavy atom. The van der Waals surface area contributed by atoms with Gasteiger partial charge in [0.1, 0.15) is 12.4 Å². The zero-order valence-corrected chi connectivity index (χ0v) is 8.38. The zero-order valence-electron chi connectivity index (χ0n) is 8.38. The van der Waals surface area contributed by atoms with E-state index in [0.717, 1.165) is 5.75 Å². The molecule has 0 atom stereocenters. The molecule has 0 spiro atoms. The number of nitrogens with one attached hydrogen (secondary N) is 1. The standard InChI is InChI=1S/C11H10N2O3/c14-11(15)10-6-8(12-13-10)7-16-9-4-2-1-3-5-9/h1-6H,7H2,(H,12,13)(H,14,15). The Hall–Kier alpha value is -2.30. The van der Waals surface area contributed by atoms with Gasteiger partial charge in [0.15, 0.2) is 5.69 Å². The number of benzene rings is 1. The van der Waals surface area contributed by atoms with Crippen LogP contribution < -0.4 is 4.74 Å². The molecule has 2 N–H and O–H groups in total. The maximum atomic E-state index is 10.6. The van der Waals surface area contributed by atoms with Crippen LogP contribution in [0.1, 0.15) is 16.2 Å². The monoisotopic (exact) mass is 218 g/mol. The van der Waals surface area contributed by atoms with E-state index in [1.165, 1.54) is 6.07 Å². The highest BCUT2D eigenvalue weighted by Gasteiger charge is 2.07. The quantitative estimate of drug-likeness (QED) is 0.818. The number of carbonyl (C=O) groups is 1. The van der Waals surface area contributed by atoms with Crippen LogP contribution in [0, 0.1) is 0 Å². The largest absolute Gasteiger partial charge is 0.487 e. The van der Waals surface area contributed by atoms with Gasteiger partial charge >= 0.3 is 5.97 Å². The lowest BCUT2D eigenvalue weighted by Gasteiger charge is -2.02. The molecule has 0 aliphatic rings. The number of aromatic nitrogens is 2. The summed E-state index contributed by atoms with van der Waals surface area (Å²) in [5.74, 6) is -0.323. The highest BCUT2D eigenvalue weighted by molar-refractivity contribution is 5.85. The Kier molecular flexibility index (Phi) is 2.86. The van der Waals surface area contributed by atoms with Crippen LogP contribution in [0.2, 0.25) is 0 Å². The van der Waals surface area contributed by atoms with E-state index >= 15 is 0 Å². The fraction of sp³-hybridized carbons (Fsp3) is 0.0909. The zero-order chi connectivity index (χ0) is 11.4. The molecule has 1 aromatic heterocycles. The van der Waals surface area contributed by atoms with E-state index in [-0.39, 0.29) is 12.3 Å². The predicted octanol–water partition coefficient (Wildman–Crippen LogP) is 1.69. The highest BCUT2D eigenvalue weighted by atomic mass is 16.5. The van der Waals surface area contributed by atoms with E-state index in [1.807, 2.05) is 30.3 Å². The molecule has 82 valence electrons. The van der Waals surface area contributed by atoms with Crippen LogP contribution in [-0.2, 0) is 6.61 Å². The minimum absolute atomic E-state index is 0.00772. The topological polar surface area (TPSA) is 75.2 Å². The summed E-state index contributed by atoms with van der Waals surface area (Å²) < 4.78 is 5.42. The summed E-state index contributed by atoms with van der Waals surface area (Å²) >= 11 is 0. The lowest BCUT2D eigenvalue weighted by molar-refractivity contribution is 0.0690. The second kappa shape index (κ2) is 4.48. The molecule has 0 aliphatic heterocycles. The number of carboxylic acids is 1. The van der Waals surface area contributed by atoms with E-state index in [4.69, 9.17) is 9.84 Å². The van der Waals surface area contributed by atoms with Crippen LogP contribution in [0.4, 0.5) is 0 Å². The van der Waals surface area contributed by atoms with Crippen molar-refractivity contribution in [1.29, 1.82) is 0 Å². The summed E-state index contributed by atoms with van der Waals surface area (Å²) in [6, 6.07) is 10.7. The Bertz CT molecular complexity index is 479. The molecule has 0 fully saturated rings. The molecule has 0 radical (unpaired) electrons. The molecule has 1 heterocycles. The van der Waals surface area contributed by atoms with Crippen molar-refractivity contribution >= 4 is 5.97 Å². The number of rotatable bonds is 4. The molecule has 0 amide bonds. The maximum absolute atomic E-state index is 10.6. The smallest absolute Gasteiger partial charge is 0.356 e. The Morgan fingerprint density at radius 1 is 1.38 bits per heavy atom. The normalized spacial score (nSPS) is 10.0. The van der Waals surface area contributed by atoms with Gasteiger partial charge in [-0.15, -0.1) is 0 Å². The third kappa shape index (κ3) is 2.38. The molecule has 0 saturated carbocycles. The average Bonchev–Trinajstić information content (AvgIpc) is 2.76. The number of aromatic carboxylic acids is 1. The number of H-pyrrole nitrogens is 1. The van der Waals surface area contributed by atoms with Crippen LogP contribution in [-0.4, -0.2) is 21.3 Å². The van der Waals surface area contributed by atoms with Crippen LogP contribution in [0.15, 0.2) is 36.4 Å². The second-order valence-corrected chi connectivity index (χ2v) is 3.19. The van der Waals surface area contributed by atoms with Gasteiger partial charge in [-0.05, 0) is 18.2 Å². The highest BCUT2D eigenvalue weighted by Crippen LogP contribution is 2.10. The molecule has 5 heteroatoms. The lowest BCUT2D eigenvalue weighted by atomic mass is 10.3. The van der Waals surface area contributed by atoms with E-state index in [9.17, 15) is 4.79 Å². The van der Waals surface area contributed by atoms with E-state index in [0.29, 0.717) is 5.69 Å². The predicted molar refractivity (Wildman–Crippen MR) is 56.3 cm³/mol.